The number of rotatable bonds is 4. The Labute approximate surface area is 84.8 Å². The van der Waals surface area contributed by atoms with Crippen LogP contribution in [0.2, 0.25) is 0 Å². The fourth-order valence-electron chi connectivity index (χ4n) is 1.51. The van der Waals surface area contributed by atoms with E-state index in [1.54, 1.807) is 0 Å². The zero-order valence-electron chi connectivity index (χ0n) is 8.69. The molecular formula is C12H16O2. The molecule has 0 aromatic heterocycles. The predicted octanol–water partition coefficient (Wildman–Crippen LogP) is 2.42. The normalized spacial score (nSPS) is 24.7. The van der Waals surface area contributed by atoms with Gasteiger partial charge in [0.25, 0.3) is 0 Å². The minimum atomic E-state index is 0.305. The summed E-state index contributed by atoms with van der Waals surface area (Å²) in [5, 5.41) is 0. The number of epoxide rings is 1. The molecule has 1 heterocycles. The lowest BCUT2D eigenvalue weighted by atomic mass is 10.1. The van der Waals surface area contributed by atoms with E-state index in [1.807, 2.05) is 18.2 Å². The molecule has 0 radical (unpaired) electrons. The van der Waals surface area contributed by atoms with Gasteiger partial charge in [-0.15, -0.1) is 0 Å². The van der Waals surface area contributed by atoms with Gasteiger partial charge < -0.3 is 9.47 Å². The predicted molar refractivity (Wildman–Crippen MR) is 55.7 cm³/mol. The Kier molecular flexibility index (Phi) is 2.73. The van der Waals surface area contributed by atoms with Crippen molar-refractivity contribution in [2.75, 3.05) is 6.61 Å². The molecule has 0 spiro atoms. The molecule has 1 aromatic rings. The maximum atomic E-state index is 5.70. The highest BCUT2D eigenvalue weighted by atomic mass is 16.6. The van der Waals surface area contributed by atoms with E-state index in [1.165, 1.54) is 5.56 Å². The van der Waals surface area contributed by atoms with Gasteiger partial charge in [-0.1, -0.05) is 25.1 Å². The Bertz CT molecular complexity index is 309. The Hall–Kier alpha value is -1.02. The van der Waals surface area contributed by atoms with E-state index < -0.39 is 0 Å². The highest BCUT2D eigenvalue weighted by Gasteiger charge is 2.34. The third kappa shape index (κ3) is 2.07. The first-order valence-electron chi connectivity index (χ1n) is 5.17. The van der Waals surface area contributed by atoms with E-state index in [0.29, 0.717) is 18.8 Å². The van der Waals surface area contributed by atoms with Gasteiger partial charge in [0.05, 0.1) is 6.10 Å². The van der Waals surface area contributed by atoms with Crippen molar-refractivity contribution in [1.29, 1.82) is 0 Å². The van der Waals surface area contributed by atoms with Crippen LogP contribution in [0.3, 0.4) is 0 Å². The van der Waals surface area contributed by atoms with Gasteiger partial charge in [-0.2, -0.15) is 0 Å². The number of hydrogen-bond acceptors (Lipinski definition) is 2. The molecule has 1 aliphatic heterocycles. The molecular weight excluding hydrogens is 176 g/mol. The average Bonchev–Trinajstić information content (AvgIpc) is 2.92. The second-order valence-corrected chi connectivity index (χ2v) is 3.65. The second kappa shape index (κ2) is 4.01. The van der Waals surface area contributed by atoms with Crippen LogP contribution >= 0.6 is 0 Å². The summed E-state index contributed by atoms with van der Waals surface area (Å²) in [6.07, 6.45) is 1.70. The monoisotopic (exact) mass is 192 g/mol. The molecule has 1 aliphatic rings. The number of aryl methyl sites for hydroxylation is 1. The van der Waals surface area contributed by atoms with Gasteiger partial charge in [-0.05, 0) is 25.0 Å². The number of para-hydroxylation sites is 1. The van der Waals surface area contributed by atoms with Crippen LogP contribution in [0.5, 0.6) is 5.75 Å². The first kappa shape index (κ1) is 9.53. The van der Waals surface area contributed by atoms with E-state index in [4.69, 9.17) is 9.47 Å². The van der Waals surface area contributed by atoms with Crippen LogP contribution in [0.1, 0.15) is 19.4 Å². The Morgan fingerprint density at radius 2 is 2.07 bits per heavy atom. The zero-order chi connectivity index (χ0) is 9.97. The summed E-state index contributed by atoms with van der Waals surface area (Å²) in [7, 11) is 0. The molecule has 2 heteroatoms. The van der Waals surface area contributed by atoms with Gasteiger partial charge in [0.1, 0.15) is 18.5 Å². The first-order valence-corrected chi connectivity index (χ1v) is 5.17. The van der Waals surface area contributed by atoms with Crippen molar-refractivity contribution < 1.29 is 9.47 Å². The van der Waals surface area contributed by atoms with E-state index in [9.17, 15) is 0 Å². The summed E-state index contributed by atoms with van der Waals surface area (Å²) in [5.74, 6) is 0.998. The van der Waals surface area contributed by atoms with Crippen molar-refractivity contribution in [2.24, 2.45) is 0 Å². The lowest BCUT2D eigenvalue weighted by molar-refractivity contribution is 0.259. The molecule has 1 saturated heterocycles. The maximum Gasteiger partial charge on any atom is 0.122 e. The van der Waals surface area contributed by atoms with Crippen molar-refractivity contribution in [3.8, 4) is 5.75 Å². The van der Waals surface area contributed by atoms with Crippen LogP contribution in [-0.4, -0.2) is 18.8 Å². The van der Waals surface area contributed by atoms with Gasteiger partial charge in [0.15, 0.2) is 0 Å². The van der Waals surface area contributed by atoms with Crippen molar-refractivity contribution in [1.82, 2.24) is 0 Å². The molecule has 0 saturated carbocycles. The Morgan fingerprint density at radius 3 is 2.71 bits per heavy atom. The summed E-state index contributed by atoms with van der Waals surface area (Å²) in [5.41, 5.74) is 1.26. The summed E-state index contributed by atoms with van der Waals surface area (Å²) in [6, 6.07) is 8.17. The van der Waals surface area contributed by atoms with E-state index in [0.717, 1.165) is 12.2 Å². The van der Waals surface area contributed by atoms with Crippen molar-refractivity contribution in [3.63, 3.8) is 0 Å². The standard InChI is InChI=1S/C12H16O2/c1-3-10-6-4-5-7-11(10)13-8-12-9(2)14-12/h4-7,9,12H,3,8H2,1-2H3. The maximum absolute atomic E-state index is 5.70. The smallest absolute Gasteiger partial charge is 0.122 e. The summed E-state index contributed by atoms with van der Waals surface area (Å²) >= 11 is 0. The number of benzene rings is 1. The Balaban J connectivity index is 1.94. The topological polar surface area (TPSA) is 21.8 Å². The molecule has 1 aromatic carbocycles. The van der Waals surface area contributed by atoms with Gasteiger partial charge in [0, 0.05) is 0 Å². The van der Waals surface area contributed by atoms with Crippen molar-refractivity contribution in [2.45, 2.75) is 32.5 Å². The zero-order valence-corrected chi connectivity index (χ0v) is 8.69. The molecule has 14 heavy (non-hydrogen) atoms. The van der Waals surface area contributed by atoms with Crippen LogP contribution in [-0.2, 0) is 11.2 Å². The fraction of sp³-hybridized carbons (Fsp3) is 0.500. The summed E-state index contributed by atoms with van der Waals surface area (Å²) in [6.45, 7) is 4.89. The molecule has 0 bridgehead atoms. The van der Waals surface area contributed by atoms with Crippen molar-refractivity contribution >= 4 is 0 Å². The fourth-order valence-corrected chi connectivity index (χ4v) is 1.51. The number of hydrogen-bond donors (Lipinski definition) is 0. The third-order valence-electron chi connectivity index (χ3n) is 2.59. The van der Waals surface area contributed by atoms with Gasteiger partial charge in [-0.3, -0.25) is 0 Å². The quantitative estimate of drug-likeness (QED) is 0.683. The lowest BCUT2D eigenvalue weighted by Gasteiger charge is -2.08. The van der Waals surface area contributed by atoms with Crippen LogP contribution in [0.15, 0.2) is 24.3 Å². The van der Waals surface area contributed by atoms with Crippen LogP contribution in [0.25, 0.3) is 0 Å². The molecule has 2 nitrogen and oxygen atoms in total. The molecule has 0 aliphatic carbocycles. The number of ether oxygens (including phenoxy) is 2. The minimum absolute atomic E-state index is 0.305. The first-order chi connectivity index (χ1) is 6.81. The van der Waals surface area contributed by atoms with Gasteiger partial charge >= 0.3 is 0 Å². The molecule has 1 fully saturated rings. The van der Waals surface area contributed by atoms with E-state index >= 15 is 0 Å². The molecule has 2 unspecified atom stereocenters. The third-order valence-corrected chi connectivity index (χ3v) is 2.59. The van der Waals surface area contributed by atoms with Crippen LogP contribution < -0.4 is 4.74 Å². The van der Waals surface area contributed by atoms with E-state index in [2.05, 4.69) is 19.9 Å². The Morgan fingerprint density at radius 1 is 1.36 bits per heavy atom. The summed E-state index contributed by atoms with van der Waals surface area (Å²) in [4.78, 5) is 0. The molecule has 2 rings (SSSR count). The van der Waals surface area contributed by atoms with Crippen LogP contribution in [0, 0.1) is 0 Å². The molecule has 2 atom stereocenters. The highest BCUT2D eigenvalue weighted by molar-refractivity contribution is 5.33. The second-order valence-electron chi connectivity index (χ2n) is 3.65. The average molecular weight is 192 g/mol. The van der Waals surface area contributed by atoms with Crippen molar-refractivity contribution in [3.05, 3.63) is 29.8 Å². The molecule has 0 N–H and O–H groups in total. The molecule has 76 valence electrons. The molecule has 0 amide bonds. The highest BCUT2D eigenvalue weighted by Crippen LogP contribution is 2.24. The SMILES string of the molecule is CCc1ccccc1OCC1OC1C. The minimum Gasteiger partial charge on any atom is -0.490 e. The van der Waals surface area contributed by atoms with Crippen LogP contribution in [0.4, 0.5) is 0 Å². The van der Waals surface area contributed by atoms with Gasteiger partial charge in [-0.25, -0.2) is 0 Å². The largest absolute Gasteiger partial charge is 0.490 e. The van der Waals surface area contributed by atoms with E-state index in [-0.39, 0.29) is 0 Å². The summed E-state index contributed by atoms with van der Waals surface area (Å²) < 4.78 is 11.0. The lowest BCUT2D eigenvalue weighted by Crippen LogP contribution is -2.07. The van der Waals surface area contributed by atoms with Gasteiger partial charge in [0.2, 0.25) is 0 Å².